The van der Waals surface area contributed by atoms with Gasteiger partial charge in [0.05, 0.1) is 10.9 Å². The number of nitrogens with zero attached hydrogens (tertiary/aromatic N) is 1. The number of H-pyrrole nitrogens is 1. The number of aromatic amines is 1. The summed E-state index contributed by atoms with van der Waals surface area (Å²) in [5.74, 6) is 1.68. The van der Waals surface area contributed by atoms with Crippen LogP contribution in [0.2, 0.25) is 0 Å². The Hall–Kier alpha value is -3.37. The number of aromatic nitrogens is 2. The van der Waals surface area contributed by atoms with Crippen molar-refractivity contribution in [1.29, 1.82) is 0 Å². The molecule has 10 heteroatoms. The zero-order valence-electron chi connectivity index (χ0n) is 18.6. The first-order chi connectivity index (χ1) is 16.5. The lowest BCUT2D eigenvalue weighted by molar-refractivity contribution is -0.121. The molecule has 1 unspecified atom stereocenters. The van der Waals surface area contributed by atoms with E-state index in [0.717, 1.165) is 18.4 Å². The van der Waals surface area contributed by atoms with Crippen LogP contribution in [0.5, 0.6) is 17.2 Å². The van der Waals surface area contributed by atoms with Crippen LogP contribution in [0.25, 0.3) is 10.9 Å². The van der Waals surface area contributed by atoms with Gasteiger partial charge in [-0.15, -0.1) is 0 Å². The third-order valence-electron chi connectivity index (χ3n) is 5.50. The predicted molar refractivity (Wildman–Crippen MR) is 129 cm³/mol. The molecule has 2 heterocycles. The summed E-state index contributed by atoms with van der Waals surface area (Å²) in [6, 6.07) is 12.5. The molecule has 1 atom stereocenters. The van der Waals surface area contributed by atoms with E-state index in [1.807, 2.05) is 18.2 Å². The van der Waals surface area contributed by atoms with Crippen molar-refractivity contribution in [3.8, 4) is 17.2 Å². The summed E-state index contributed by atoms with van der Waals surface area (Å²) >= 11 is 5.32. The second kappa shape index (κ2) is 11.2. The number of aliphatic hydroxyl groups excluding tert-OH is 1. The van der Waals surface area contributed by atoms with Crippen LogP contribution in [0.1, 0.15) is 25.7 Å². The molecular weight excluding hydrogens is 458 g/mol. The SMILES string of the molecule is O=C(CCCCCn1c(=S)[nH]c2ccccc2c1=O)NCC(O)COc1ccc2c(c1)OCO2. The summed E-state index contributed by atoms with van der Waals surface area (Å²) in [4.78, 5) is 27.8. The maximum Gasteiger partial charge on any atom is 0.262 e. The molecule has 180 valence electrons. The standard InChI is InChI=1S/C24H27N3O6S/c28-16(14-31-17-9-10-20-21(12-17)33-15-32-20)13-25-22(29)8-2-1-5-11-27-23(30)18-6-3-4-7-19(18)26-24(27)34/h3-4,6-7,9-10,12,16,28H,1-2,5,8,11,13-15H2,(H,25,29)(H,26,34). The maximum absolute atomic E-state index is 12.6. The molecule has 0 saturated carbocycles. The Morgan fingerprint density at radius 2 is 2.00 bits per heavy atom. The van der Waals surface area contributed by atoms with Gasteiger partial charge in [0.1, 0.15) is 18.5 Å². The van der Waals surface area contributed by atoms with Crippen molar-refractivity contribution in [2.75, 3.05) is 19.9 Å². The van der Waals surface area contributed by atoms with E-state index < -0.39 is 6.10 Å². The van der Waals surface area contributed by atoms with Gasteiger partial charge in [-0.3, -0.25) is 14.2 Å². The Labute approximate surface area is 201 Å². The van der Waals surface area contributed by atoms with Crippen LogP contribution in [0.4, 0.5) is 0 Å². The minimum atomic E-state index is -0.837. The predicted octanol–water partition coefficient (Wildman–Crippen LogP) is 2.90. The molecule has 1 amide bonds. The number of hydrogen-bond donors (Lipinski definition) is 3. The van der Waals surface area contributed by atoms with Crippen LogP contribution in [-0.2, 0) is 11.3 Å². The van der Waals surface area contributed by atoms with Gasteiger partial charge >= 0.3 is 0 Å². The quantitative estimate of drug-likeness (QED) is 0.283. The van der Waals surface area contributed by atoms with Crippen LogP contribution in [-0.4, -0.2) is 46.6 Å². The largest absolute Gasteiger partial charge is 0.491 e. The molecule has 0 fully saturated rings. The van der Waals surface area contributed by atoms with Gasteiger partial charge in [-0.25, -0.2) is 0 Å². The van der Waals surface area contributed by atoms with E-state index in [1.165, 1.54) is 0 Å². The van der Waals surface area contributed by atoms with Crippen LogP contribution >= 0.6 is 12.2 Å². The summed E-state index contributed by atoms with van der Waals surface area (Å²) in [6.45, 7) is 0.825. The second-order valence-corrected chi connectivity index (χ2v) is 8.41. The van der Waals surface area contributed by atoms with Gasteiger partial charge in [-0.2, -0.15) is 0 Å². The Morgan fingerprint density at radius 3 is 2.88 bits per heavy atom. The van der Waals surface area contributed by atoms with Gasteiger partial charge in [0.25, 0.3) is 5.56 Å². The van der Waals surface area contributed by atoms with Crippen molar-refractivity contribution in [1.82, 2.24) is 14.9 Å². The lowest BCUT2D eigenvalue weighted by Crippen LogP contribution is -2.35. The van der Waals surface area contributed by atoms with E-state index >= 15 is 0 Å². The van der Waals surface area contributed by atoms with Crippen LogP contribution in [0.15, 0.2) is 47.3 Å². The molecule has 0 bridgehead atoms. The number of ether oxygens (including phenoxy) is 3. The van der Waals surface area contributed by atoms with Crippen LogP contribution in [0.3, 0.4) is 0 Å². The lowest BCUT2D eigenvalue weighted by Gasteiger charge is -2.13. The normalized spacial score (nSPS) is 13.1. The van der Waals surface area contributed by atoms with Crippen molar-refractivity contribution in [3.63, 3.8) is 0 Å². The van der Waals surface area contributed by atoms with Gasteiger partial charge in [-0.1, -0.05) is 18.6 Å². The Kier molecular flexibility index (Phi) is 7.81. The van der Waals surface area contributed by atoms with Crippen LogP contribution in [0, 0.1) is 4.77 Å². The van der Waals surface area contributed by atoms with Crippen molar-refractivity contribution < 1.29 is 24.1 Å². The fourth-order valence-corrected chi connectivity index (χ4v) is 3.96. The van der Waals surface area contributed by atoms with E-state index in [-0.39, 0.29) is 31.4 Å². The van der Waals surface area contributed by atoms with Crippen molar-refractivity contribution in [2.45, 2.75) is 38.3 Å². The first kappa shape index (κ1) is 23.8. The highest BCUT2D eigenvalue weighted by Gasteiger charge is 2.15. The highest BCUT2D eigenvalue weighted by atomic mass is 32.1. The summed E-state index contributed by atoms with van der Waals surface area (Å²) in [7, 11) is 0. The fourth-order valence-electron chi connectivity index (χ4n) is 3.67. The number of aliphatic hydroxyl groups is 1. The van der Waals surface area contributed by atoms with Crippen molar-refractivity contribution >= 4 is 29.0 Å². The molecule has 0 saturated heterocycles. The molecule has 1 aliphatic heterocycles. The molecule has 1 aliphatic rings. The number of amides is 1. The number of benzene rings is 2. The zero-order valence-corrected chi connectivity index (χ0v) is 19.4. The van der Waals surface area contributed by atoms with Gasteiger partial charge in [0, 0.05) is 25.6 Å². The summed E-state index contributed by atoms with van der Waals surface area (Å²) < 4.78 is 18.0. The smallest absolute Gasteiger partial charge is 0.262 e. The molecule has 34 heavy (non-hydrogen) atoms. The van der Waals surface area contributed by atoms with Gasteiger partial charge in [-0.05, 0) is 49.3 Å². The summed E-state index contributed by atoms with van der Waals surface area (Å²) in [5.41, 5.74) is 0.628. The molecule has 3 aromatic rings. The molecule has 2 aromatic carbocycles. The van der Waals surface area contributed by atoms with Crippen molar-refractivity contribution in [3.05, 3.63) is 57.6 Å². The molecule has 9 nitrogen and oxygen atoms in total. The van der Waals surface area contributed by atoms with E-state index in [9.17, 15) is 14.7 Å². The highest BCUT2D eigenvalue weighted by molar-refractivity contribution is 7.71. The number of rotatable bonds is 11. The lowest BCUT2D eigenvalue weighted by atomic mass is 10.2. The first-order valence-corrected chi connectivity index (χ1v) is 11.6. The summed E-state index contributed by atoms with van der Waals surface area (Å²) in [6.07, 6.45) is 1.69. The Bertz CT molecular complexity index is 1270. The monoisotopic (exact) mass is 485 g/mol. The topological polar surface area (TPSA) is 115 Å². The van der Waals surface area contributed by atoms with Gasteiger partial charge in [0.15, 0.2) is 16.3 Å². The Balaban J connectivity index is 1.12. The molecule has 0 spiro atoms. The zero-order chi connectivity index (χ0) is 23.9. The maximum atomic E-state index is 12.6. The number of nitrogens with one attached hydrogen (secondary N) is 2. The number of carbonyl (C=O) groups excluding carboxylic acids is 1. The number of para-hydroxylation sites is 1. The van der Waals surface area contributed by atoms with E-state index in [2.05, 4.69) is 10.3 Å². The molecule has 4 rings (SSSR count). The molecular formula is C24H27N3O6S. The fraction of sp³-hybridized carbons (Fsp3) is 0.375. The first-order valence-electron chi connectivity index (χ1n) is 11.2. The Morgan fingerprint density at radius 1 is 1.18 bits per heavy atom. The number of hydrogen-bond acceptors (Lipinski definition) is 7. The second-order valence-electron chi connectivity index (χ2n) is 8.03. The van der Waals surface area contributed by atoms with Gasteiger partial charge < -0.3 is 29.6 Å². The van der Waals surface area contributed by atoms with E-state index in [4.69, 9.17) is 26.4 Å². The summed E-state index contributed by atoms with van der Waals surface area (Å²) in [5, 5.41) is 13.4. The van der Waals surface area contributed by atoms with E-state index in [1.54, 1.807) is 28.8 Å². The number of unbranched alkanes of at least 4 members (excludes halogenated alkanes) is 2. The third kappa shape index (κ3) is 5.95. The average Bonchev–Trinajstić information content (AvgIpc) is 3.31. The van der Waals surface area contributed by atoms with Gasteiger partial charge in [0.2, 0.25) is 12.7 Å². The third-order valence-corrected chi connectivity index (χ3v) is 5.82. The molecule has 0 radical (unpaired) electrons. The minimum absolute atomic E-state index is 0.0425. The molecule has 3 N–H and O–H groups in total. The highest BCUT2D eigenvalue weighted by Crippen LogP contribution is 2.35. The average molecular weight is 486 g/mol. The number of carbonyl (C=O) groups is 1. The van der Waals surface area contributed by atoms with Crippen molar-refractivity contribution in [2.24, 2.45) is 0 Å². The molecule has 1 aromatic heterocycles. The minimum Gasteiger partial charge on any atom is -0.491 e. The van der Waals surface area contributed by atoms with E-state index in [0.29, 0.717) is 46.8 Å². The van der Waals surface area contributed by atoms with Crippen LogP contribution < -0.4 is 25.1 Å². The molecule has 0 aliphatic carbocycles. The number of fused-ring (bicyclic) bond motifs is 2.